The summed E-state index contributed by atoms with van der Waals surface area (Å²) in [4.78, 5) is 1.64. The molecule has 1 N–H and O–H groups in total. The van der Waals surface area contributed by atoms with E-state index in [4.69, 9.17) is 4.74 Å². The number of anilines is 1. The highest BCUT2D eigenvalue weighted by atomic mass is 32.2. The molecular weight excluding hydrogens is 407 g/mol. The molecule has 0 aromatic heterocycles. The summed E-state index contributed by atoms with van der Waals surface area (Å²) in [5.74, 6) is -0.407. The van der Waals surface area contributed by atoms with Crippen LogP contribution in [-0.4, -0.2) is 31.3 Å². The Bertz CT molecular complexity index is 1150. The molecule has 0 fully saturated rings. The second-order valence-corrected chi connectivity index (χ2v) is 8.81. The maximum atomic E-state index is 14.2. The van der Waals surface area contributed by atoms with E-state index in [0.29, 0.717) is 11.3 Å². The molecule has 1 aliphatic heterocycles. The first kappa shape index (κ1) is 20.3. The third-order valence-corrected chi connectivity index (χ3v) is 6.88. The number of para-hydroxylation sites is 1. The van der Waals surface area contributed by atoms with Crippen LogP contribution in [0, 0.1) is 5.82 Å². The van der Waals surface area contributed by atoms with E-state index in [1.807, 2.05) is 18.2 Å². The van der Waals surface area contributed by atoms with E-state index >= 15 is 0 Å². The van der Waals surface area contributed by atoms with Crippen molar-refractivity contribution in [3.05, 3.63) is 89.7 Å². The normalized spacial score (nSPS) is 18.1. The molecule has 30 heavy (non-hydrogen) atoms. The molecule has 0 bridgehead atoms. The third kappa shape index (κ3) is 3.65. The zero-order chi connectivity index (χ0) is 21.3. The molecule has 1 heterocycles. The fraction of sp³-hybridized carbons (Fsp3) is 0.182. The number of aliphatic hydroxyl groups excluding tert-OH is 1. The van der Waals surface area contributed by atoms with Gasteiger partial charge in [0.15, 0.2) is 11.6 Å². The lowest BCUT2D eigenvalue weighted by Gasteiger charge is -2.42. The molecule has 6 nitrogen and oxygen atoms in total. The summed E-state index contributed by atoms with van der Waals surface area (Å²) < 4.78 is 46.6. The van der Waals surface area contributed by atoms with Crippen LogP contribution in [-0.2, 0) is 23.1 Å². The van der Waals surface area contributed by atoms with Gasteiger partial charge in [-0.25, -0.2) is 12.8 Å². The first-order valence-electron chi connectivity index (χ1n) is 9.34. The van der Waals surface area contributed by atoms with Gasteiger partial charge in [-0.15, -0.1) is 4.31 Å². The molecule has 3 aromatic carbocycles. The smallest absolute Gasteiger partial charge is 0.249 e. The predicted molar refractivity (Wildman–Crippen MR) is 111 cm³/mol. The molecule has 4 rings (SSSR count). The predicted octanol–water partition coefficient (Wildman–Crippen LogP) is 3.32. The number of benzene rings is 3. The molecular formula is C22H21FN2O4S. The molecule has 8 heteroatoms. The minimum Gasteiger partial charge on any atom is -0.494 e. The number of nitrogens with zero attached hydrogens (tertiary/aromatic N) is 2. The number of rotatable bonds is 5. The Kier molecular flexibility index (Phi) is 5.46. The Morgan fingerprint density at radius 2 is 1.67 bits per heavy atom. The Hall–Kier alpha value is -2.94. The lowest BCUT2D eigenvalue weighted by molar-refractivity contribution is 0.0492. The molecule has 1 unspecified atom stereocenters. The first-order valence-corrected chi connectivity index (χ1v) is 10.8. The molecule has 0 aliphatic carbocycles. The zero-order valence-electron chi connectivity index (χ0n) is 16.3. The van der Waals surface area contributed by atoms with Gasteiger partial charge in [-0.1, -0.05) is 48.5 Å². The maximum Gasteiger partial charge on any atom is 0.249 e. The van der Waals surface area contributed by atoms with Crippen molar-refractivity contribution in [3.8, 4) is 5.75 Å². The Labute approximate surface area is 174 Å². The largest absolute Gasteiger partial charge is 0.494 e. The number of methoxy groups -OCH3 is 1. The Balaban J connectivity index is 1.75. The van der Waals surface area contributed by atoms with Crippen molar-refractivity contribution < 1.29 is 22.7 Å². The SMILES string of the molecule is COc1ccc(CN2c3ccccc3S(=O)(=O)N(Cc3ccccc3)C2O)cc1F. The Morgan fingerprint density at radius 3 is 2.37 bits per heavy atom. The average molecular weight is 428 g/mol. The summed E-state index contributed by atoms with van der Waals surface area (Å²) in [6.07, 6.45) is -1.45. The van der Waals surface area contributed by atoms with Gasteiger partial charge in [0.2, 0.25) is 16.4 Å². The van der Waals surface area contributed by atoms with E-state index < -0.39 is 22.2 Å². The first-order chi connectivity index (χ1) is 14.4. The quantitative estimate of drug-likeness (QED) is 0.675. The number of halogens is 1. The highest BCUT2D eigenvalue weighted by Crippen LogP contribution is 2.37. The summed E-state index contributed by atoms with van der Waals surface area (Å²) in [5.41, 5.74) is 1.68. The van der Waals surface area contributed by atoms with Gasteiger partial charge in [0.1, 0.15) is 4.90 Å². The van der Waals surface area contributed by atoms with Gasteiger partial charge in [0.25, 0.3) is 0 Å². The van der Waals surface area contributed by atoms with Crippen LogP contribution in [0.1, 0.15) is 11.1 Å². The van der Waals surface area contributed by atoms with Gasteiger partial charge < -0.3 is 14.7 Å². The summed E-state index contributed by atoms with van der Waals surface area (Å²) >= 11 is 0. The molecule has 0 radical (unpaired) electrons. The van der Waals surface area contributed by atoms with E-state index in [1.165, 1.54) is 25.3 Å². The van der Waals surface area contributed by atoms with Crippen LogP contribution in [0.25, 0.3) is 0 Å². The van der Waals surface area contributed by atoms with Gasteiger partial charge in [-0.3, -0.25) is 0 Å². The van der Waals surface area contributed by atoms with Crippen molar-refractivity contribution in [1.82, 2.24) is 4.31 Å². The van der Waals surface area contributed by atoms with Crippen molar-refractivity contribution in [2.45, 2.75) is 24.3 Å². The van der Waals surface area contributed by atoms with Crippen molar-refractivity contribution in [2.75, 3.05) is 12.0 Å². The molecule has 0 spiro atoms. The second kappa shape index (κ2) is 8.06. The molecule has 3 aromatic rings. The zero-order valence-corrected chi connectivity index (χ0v) is 17.1. The number of sulfonamides is 1. The van der Waals surface area contributed by atoms with Crippen LogP contribution in [0.5, 0.6) is 5.75 Å². The van der Waals surface area contributed by atoms with Crippen molar-refractivity contribution in [1.29, 1.82) is 0 Å². The topological polar surface area (TPSA) is 70.1 Å². The number of fused-ring (bicyclic) bond motifs is 1. The summed E-state index contributed by atoms with van der Waals surface area (Å²) in [5, 5.41) is 11.1. The molecule has 0 saturated carbocycles. The fourth-order valence-electron chi connectivity index (χ4n) is 3.54. The van der Waals surface area contributed by atoms with Gasteiger partial charge >= 0.3 is 0 Å². The van der Waals surface area contributed by atoms with E-state index in [0.717, 1.165) is 9.87 Å². The average Bonchev–Trinajstić information content (AvgIpc) is 2.75. The highest BCUT2D eigenvalue weighted by molar-refractivity contribution is 7.89. The van der Waals surface area contributed by atoms with Crippen molar-refractivity contribution in [3.63, 3.8) is 0 Å². The van der Waals surface area contributed by atoms with Crippen LogP contribution < -0.4 is 9.64 Å². The van der Waals surface area contributed by atoms with Gasteiger partial charge in [-0.05, 0) is 35.4 Å². The molecule has 1 atom stereocenters. The molecule has 0 saturated heterocycles. The van der Waals surface area contributed by atoms with E-state index in [2.05, 4.69) is 0 Å². The minimum absolute atomic E-state index is 0.00610. The van der Waals surface area contributed by atoms with Crippen molar-refractivity contribution >= 4 is 15.7 Å². The summed E-state index contributed by atoms with van der Waals surface area (Å²) in [7, 11) is -2.54. The fourth-order valence-corrected chi connectivity index (χ4v) is 5.18. The van der Waals surface area contributed by atoms with E-state index in [1.54, 1.807) is 41.3 Å². The van der Waals surface area contributed by atoms with E-state index in [-0.39, 0.29) is 23.7 Å². The summed E-state index contributed by atoms with van der Waals surface area (Å²) in [6, 6.07) is 20.0. The van der Waals surface area contributed by atoms with Crippen LogP contribution in [0.3, 0.4) is 0 Å². The third-order valence-electron chi connectivity index (χ3n) is 5.05. The second-order valence-electron chi connectivity index (χ2n) is 6.95. The number of hydrogen-bond donors (Lipinski definition) is 1. The van der Waals surface area contributed by atoms with Crippen molar-refractivity contribution in [2.24, 2.45) is 0 Å². The lowest BCUT2D eigenvalue weighted by Crippen LogP contribution is -2.54. The minimum atomic E-state index is -3.93. The summed E-state index contributed by atoms with van der Waals surface area (Å²) in [6.45, 7) is 0.117. The maximum absolute atomic E-state index is 14.2. The van der Waals surface area contributed by atoms with Gasteiger partial charge in [-0.2, -0.15) is 0 Å². The monoisotopic (exact) mass is 428 g/mol. The Morgan fingerprint density at radius 1 is 0.967 bits per heavy atom. The molecule has 0 amide bonds. The number of aliphatic hydroxyl groups is 1. The van der Waals surface area contributed by atoms with Crippen LogP contribution in [0.4, 0.5) is 10.1 Å². The van der Waals surface area contributed by atoms with Crippen LogP contribution >= 0.6 is 0 Å². The van der Waals surface area contributed by atoms with Gasteiger partial charge in [0, 0.05) is 13.1 Å². The number of hydrogen-bond acceptors (Lipinski definition) is 5. The van der Waals surface area contributed by atoms with Crippen LogP contribution in [0.2, 0.25) is 0 Å². The molecule has 1 aliphatic rings. The van der Waals surface area contributed by atoms with Gasteiger partial charge in [0.05, 0.1) is 12.8 Å². The standard InChI is InChI=1S/C22H21FN2O4S/c1-29-20-12-11-17(13-18(20)23)14-24-19-9-5-6-10-21(19)30(27,28)25(22(24)26)15-16-7-3-2-4-8-16/h2-13,22,26H,14-15H2,1H3. The van der Waals surface area contributed by atoms with Crippen LogP contribution in [0.15, 0.2) is 77.7 Å². The highest BCUT2D eigenvalue weighted by Gasteiger charge is 2.41. The van der Waals surface area contributed by atoms with E-state index in [9.17, 15) is 17.9 Å². The number of ether oxygens (including phenoxy) is 1. The molecule has 156 valence electrons. The lowest BCUT2D eigenvalue weighted by atomic mass is 10.1.